The van der Waals surface area contributed by atoms with Crippen LogP contribution in [0.4, 0.5) is 0 Å². The summed E-state index contributed by atoms with van der Waals surface area (Å²) in [4.78, 5) is 12.9. The van der Waals surface area contributed by atoms with Crippen LogP contribution in [-0.4, -0.2) is 27.7 Å². The summed E-state index contributed by atoms with van der Waals surface area (Å²) in [5.74, 6) is 1.25. The molecule has 2 heterocycles. The molecule has 29 heavy (non-hydrogen) atoms. The summed E-state index contributed by atoms with van der Waals surface area (Å²) in [6.45, 7) is 8.61. The third-order valence-corrected chi connectivity index (χ3v) is 5.31. The van der Waals surface area contributed by atoms with E-state index < -0.39 is 0 Å². The first-order valence-corrected chi connectivity index (χ1v) is 9.60. The summed E-state index contributed by atoms with van der Waals surface area (Å²) < 4.78 is 12.8. The van der Waals surface area contributed by atoms with E-state index in [0.717, 1.165) is 39.4 Å². The van der Waals surface area contributed by atoms with Gasteiger partial charge in [-0.05, 0) is 50.5 Å². The molecule has 1 aliphatic rings. The second-order valence-corrected chi connectivity index (χ2v) is 7.33. The number of rotatable bonds is 5. The largest absolute Gasteiger partial charge is 0.454 e. The molecule has 3 aromatic rings. The number of fused-ring (bicyclic) bond motifs is 1. The number of hydrogen-bond donors (Lipinski definition) is 1. The van der Waals surface area contributed by atoms with Crippen molar-refractivity contribution in [1.82, 2.24) is 20.3 Å². The van der Waals surface area contributed by atoms with E-state index in [1.165, 1.54) is 0 Å². The van der Waals surface area contributed by atoms with Crippen LogP contribution < -0.4 is 14.8 Å². The van der Waals surface area contributed by atoms with Gasteiger partial charge in [-0.15, -0.1) is 5.10 Å². The van der Waals surface area contributed by atoms with E-state index in [4.69, 9.17) is 9.47 Å². The van der Waals surface area contributed by atoms with Gasteiger partial charge in [0.2, 0.25) is 6.79 Å². The molecular formula is C22H24N4O3. The fourth-order valence-electron chi connectivity index (χ4n) is 3.86. The second-order valence-electron chi connectivity index (χ2n) is 7.33. The molecule has 0 bridgehead atoms. The van der Waals surface area contributed by atoms with Gasteiger partial charge in [-0.2, -0.15) is 0 Å². The Morgan fingerprint density at radius 1 is 1.21 bits per heavy atom. The number of ether oxygens (including phenoxy) is 2. The number of benzene rings is 2. The van der Waals surface area contributed by atoms with E-state index in [1.54, 1.807) is 4.68 Å². The zero-order chi connectivity index (χ0) is 20.5. The van der Waals surface area contributed by atoms with Crippen LogP contribution >= 0.6 is 0 Å². The topological polar surface area (TPSA) is 78.3 Å². The lowest BCUT2D eigenvalue weighted by atomic mass is 9.95. The number of nitrogens with one attached hydrogen (secondary N) is 1. The predicted molar refractivity (Wildman–Crippen MR) is 108 cm³/mol. The minimum Gasteiger partial charge on any atom is -0.454 e. The molecule has 0 radical (unpaired) electrons. The van der Waals surface area contributed by atoms with Crippen molar-refractivity contribution in [1.29, 1.82) is 0 Å². The van der Waals surface area contributed by atoms with Crippen molar-refractivity contribution in [3.05, 3.63) is 70.0 Å². The molecule has 1 unspecified atom stereocenters. The third kappa shape index (κ3) is 3.55. The highest BCUT2D eigenvalue weighted by Gasteiger charge is 2.25. The molecule has 150 valence electrons. The number of nitrogens with zero attached hydrogens (tertiary/aromatic N) is 3. The van der Waals surface area contributed by atoms with E-state index >= 15 is 0 Å². The summed E-state index contributed by atoms with van der Waals surface area (Å²) in [7, 11) is 0. The van der Waals surface area contributed by atoms with Gasteiger partial charge in [0.25, 0.3) is 5.91 Å². The third-order valence-electron chi connectivity index (χ3n) is 5.31. The van der Waals surface area contributed by atoms with Crippen molar-refractivity contribution in [3.63, 3.8) is 0 Å². The summed E-state index contributed by atoms with van der Waals surface area (Å²) in [5.41, 5.74) is 5.23. The maximum Gasteiger partial charge on any atom is 0.274 e. The fourth-order valence-corrected chi connectivity index (χ4v) is 3.86. The van der Waals surface area contributed by atoms with Crippen LogP contribution in [0.2, 0.25) is 0 Å². The molecular weight excluding hydrogens is 368 g/mol. The van der Waals surface area contributed by atoms with E-state index in [1.807, 2.05) is 64.1 Å². The Bertz CT molecular complexity index is 1060. The SMILES string of the molecule is Cc1cc2c(c(C)c1C(C)NC(=O)c1nnn(Cc3ccccc3)c1C)OCO2. The van der Waals surface area contributed by atoms with Gasteiger partial charge in [0.05, 0.1) is 18.3 Å². The van der Waals surface area contributed by atoms with Gasteiger partial charge in [-0.25, -0.2) is 4.68 Å². The molecule has 1 aliphatic heterocycles. The quantitative estimate of drug-likeness (QED) is 0.719. The molecule has 7 heteroatoms. The second kappa shape index (κ2) is 7.58. The predicted octanol–water partition coefficient (Wildman–Crippen LogP) is 3.47. The Balaban J connectivity index is 1.53. The number of aromatic nitrogens is 3. The van der Waals surface area contributed by atoms with Crippen molar-refractivity contribution in [2.75, 3.05) is 6.79 Å². The molecule has 1 amide bonds. The molecule has 1 atom stereocenters. The average Bonchev–Trinajstić information content (AvgIpc) is 3.30. The van der Waals surface area contributed by atoms with Crippen LogP contribution in [0, 0.1) is 20.8 Å². The molecule has 1 aromatic heterocycles. The molecule has 4 rings (SSSR count). The zero-order valence-electron chi connectivity index (χ0n) is 17.0. The van der Waals surface area contributed by atoms with Gasteiger partial charge in [0, 0.05) is 5.56 Å². The number of carbonyl (C=O) groups is 1. The Labute approximate surface area is 169 Å². The molecule has 0 saturated carbocycles. The lowest BCUT2D eigenvalue weighted by Crippen LogP contribution is -2.28. The zero-order valence-corrected chi connectivity index (χ0v) is 17.0. The number of amides is 1. The number of aryl methyl sites for hydroxylation is 1. The maximum absolute atomic E-state index is 12.9. The molecule has 2 aromatic carbocycles. The smallest absolute Gasteiger partial charge is 0.274 e. The van der Waals surface area contributed by atoms with Crippen LogP contribution in [0.1, 0.15) is 51.4 Å². The molecule has 0 saturated heterocycles. The minimum absolute atomic E-state index is 0.212. The highest BCUT2D eigenvalue weighted by Crippen LogP contribution is 2.40. The number of hydrogen-bond acceptors (Lipinski definition) is 5. The molecule has 0 fully saturated rings. The monoisotopic (exact) mass is 392 g/mol. The molecule has 0 aliphatic carbocycles. The van der Waals surface area contributed by atoms with Gasteiger partial charge < -0.3 is 14.8 Å². The maximum atomic E-state index is 12.9. The van der Waals surface area contributed by atoms with Gasteiger partial charge in [0.15, 0.2) is 17.2 Å². The summed E-state index contributed by atoms with van der Waals surface area (Å²) in [6.07, 6.45) is 0. The van der Waals surface area contributed by atoms with Crippen LogP contribution in [0.5, 0.6) is 11.5 Å². The van der Waals surface area contributed by atoms with E-state index in [0.29, 0.717) is 12.2 Å². The van der Waals surface area contributed by atoms with Gasteiger partial charge in [0.1, 0.15) is 0 Å². The Hall–Kier alpha value is -3.35. The Morgan fingerprint density at radius 2 is 1.97 bits per heavy atom. The molecule has 7 nitrogen and oxygen atoms in total. The lowest BCUT2D eigenvalue weighted by Gasteiger charge is -2.20. The highest BCUT2D eigenvalue weighted by atomic mass is 16.7. The van der Waals surface area contributed by atoms with E-state index in [2.05, 4.69) is 15.6 Å². The van der Waals surface area contributed by atoms with Crippen molar-refractivity contribution in [2.45, 2.75) is 40.3 Å². The Kier molecular flexibility index (Phi) is 4.96. The average molecular weight is 392 g/mol. The van der Waals surface area contributed by atoms with Crippen molar-refractivity contribution >= 4 is 5.91 Å². The highest BCUT2D eigenvalue weighted by molar-refractivity contribution is 5.93. The van der Waals surface area contributed by atoms with Crippen molar-refractivity contribution in [3.8, 4) is 11.5 Å². The van der Waals surface area contributed by atoms with Crippen LogP contribution in [0.25, 0.3) is 0 Å². The van der Waals surface area contributed by atoms with Gasteiger partial charge in [-0.3, -0.25) is 4.79 Å². The summed E-state index contributed by atoms with van der Waals surface area (Å²) in [5, 5.41) is 11.3. The summed E-state index contributed by atoms with van der Waals surface area (Å²) in [6, 6.07) is 11.7. The van der Waals surface area contributed by atoms with Gasteiger partial charge in [-0.1, -0.05) is 35.5 Å². The normalized spacial score (nSPS) is 13.4. The van der Waals surface area contributed by atoms with E-state index in [9.17, 15) is 4.79 Å². The van der Waals surface area contributed by atoms with Crippen molar-refractivity contribution < 1.29 is 14.3 Å². The first-order valence-electron chi connectivity index (χ1n) is 9.60. The van der Waals surface area contributed by atoms with Gasteiger partial charge >= 0.3 is 0 Å². The fraction of sp³-hybridized carbons (Fsp3) is 0.318. The summed E-state index contributed by atoms with van der Waals surface area (Å²) >= 11 is 0. The number of carbonyl (C=O) groups excluding carboxylic acids is 1. The first kappa shape index (κ1) is 19.0. The van der Waals surface area contributed by atoms with Crippen molar-refractivity contribution in [2.24, 2.45) is 0 Å². The van der Waals surface area contributed by atoms with Crippen LogP contribution in [-0.2, 0) is 6.54 Å². The Morgan fingerprint density at radius 3 is 2.72 bits per heavy atom. The molecule has 0 spiro atoms. The van der Waals surface area contributed by atoms with Crippen LogP contribution in [0.3, 0.4) is 0 Å². The minimum atomic E-state index is -0.245. The first-order chi connectivity index (χ1) is 14.0. The standard InChI is InChI=1S/C22H24N4O3/c1-13-10-18-21(29-12-28-18)14(2)19(13)15(3)23-22(27)20-16(4)26(25-24-20)11-17-8-6-5-7-9-17/h5-10,15H,11-12H2,1-4H3,(H,23,27). The molecule has 1 N–H and O–H groups in total. The lowest BCUT2D eigenvalue weighted by molar-refractivity contribution is 0.0934. The van der Waals surface area contributed by atoms with Crippen LogP contribution in [0.15, 0.2) is 36.4 Å². The van der Waals surface area contributed by atoms with E-state index in [-0.39, 0.29) is 18.7 Å².